The van der Waals surface area contributed by atoms with Crippen LogP contribution in [0.2, 0.25) is 0 Å². The number of rotatable bonds is 4. The van der Waals surface area contributed by atoms with Crippen LogP contribution in [0, 0.1) is 0 Å². The summed E-state index contributed by atoms with van der Waals surface area (Å²) in [5.41, 5.74) is 9.96. The topological polar surface area (TPSA) is 104 Å². The fourth-order valence-electron chi connectivity index (χ4n) is 3.99. The van der Waals surface area contributed by atoms with Gasteiger partial charge in [0.05, 0.1) is 23.3 Å². The number of nitrogen functional groups attached to an aromatic ring is 1. The molecule has 164 valence electrons. The number of para-hydroxylation sites is 2. The molecular weight excluding hydrogens is 438 g/mol. The molecule has 0 saturated carbocycles. The molecule has 9 heteroatoms. The Balaban J connectivity index is 1.53. The van der Waals surface area contributed by atoms with Gasteiger partial charge in [-0.25, -0.2) is 9.97 Å². The monoisotopic (exact) mass is 457 g/mol. The van der Waals surface area contributed by atoms with E-state index in [1.807, 2.05) is 60.0 Å². The minimum Gasteiger partial charge on any atom is -0.486 e. The number of amides is 1. The second-order valence-corrected chi connectivity index (χ2v) is 8.60. The van der Waals surface area contributed by atoms with E-state index in [4.69, 9.17) is 25.2 Å². The van der Waals surface area contributed by atoms with Crippen molar-refractivity contribution in [1.29, 1.82) is 0 Å². The first-order valence-corrected chi connectivity index (χ1v) is 11.3. The molecule has 0 unspecified atom stereocenters. The Morgan fingerprint density at radius 2 is 1.82 bits per heavy atom. The molecule has 33 heavy (non-hydrogen) atoms. The number of hydrogen-bond donors (Lipinski definition) is 2. The third kappa shape index (κ3) is 3.33. The Bertz CT molecular complexity index is 1510. The lowest BCUT2D eigenvalue weighted by molar-refractivity contribution is 0.0953. The lowest BCUT2D eigenvalue weighted by atomic mass is 10.2. The molecule has 0 spiro atoms. The summed E-state index contributed by atoms with van der Waals surface area (Å²) in [5, 5.41) is 4.94. The molecule has 0 saturated heterocycles. The van der Waals surface area contributed by atoms with Gasteiger partial charge in [0.2, 0.25) is 0 Å². The van der Waals surface area contributed by atoms with Crippen molar-refractivity contribution in [2.75, 3.05) is 18.9 Å². The van der Waals surface area contributed by atoms with Gasteiger partial charge >= 0.3 is 0 Å². The van der Waals surface area contributed by atoms with E-state index in [1.54, 1.807) is 15.9 Å². The molecule has 1 amide bonds. The molecule has 8 nitrogen and oxygen atoms in total. The van der Waals surface area contributed by atoms with Gasteiger partial charge in [0, 0.05) is 10.9 Å². The molecule has 0 bridgehead atoms. The van der Waals surface area contributed by atoms with Crippen molar-refractivity contribution < 1.29 is 14.3 Å². The number of carbonyl (C=O) groups is 1. The fourth-order valence-corrected chi connectivity index (χ4v) is 4.63. The highest BCUT2D eigenvalue weighted by Gasteiger charge is 2.25. The Labute approximate surface area is 192 Å². The van der Waals surface area contributed by atoms with Crippen molar-refractivity contribution in [2.45, 2.75) is 6.54 Å². The minimum atomic E-state index is -0.299. The van der Waals surface area contributed by atoms with Crippen molar-refractivity contribution in [3.8, 4) is 17.2 Å². The number of benzene rings is 2. The number of nitrogens with two attached hydrogens (primary N) is 1. The lowest BCUT2D eigenvalue weighted by Gasteiger charge is -2.19. The molecule has 2 aromatic carbocycles. The third-order valence-corrected chi connectivity index (χ3v) is 6.39. The van der Waals surface area contributed by atoms with E-state index in [0.29, 0.717) is 64.7 Å². The molecule has 1 aliphatic heterocycles. The Morgan fingerprint density at radius 1 is 1.03 bits per heavy atom. The zero-order valence-electron chi connectivity index (χ0n) is 17.4. The average Bonchev–Trinajstić information content (AvgIpc) is 3.46. The molecule has 0 atom stereocenters. The molecular formula is C24H19N5O3S. The third-order valence-electron chi connectivity index (χ3n) is 5.51. The second kappa shape index (κ2) is 7.79. The second-order valence-electron chi connectivity index (χ2n) is 7.57. The SMILES string of the molecule is Nc1c(C(=O)NCc2cccs2)c2nc3ccccc3nc2n1-c1ccc2c(c1)OCCO2. The zero-order chi connectivity index (χ0) is 22.4. The van der Waals surface area contributed by atoms with E-state index in [9.17, 15) is 4.79 Å². The van der Waals surface area contributed by atoms with Gasteiger partial charge in [-0.3, -0.25) is 9.36 Å². The van der Waals surface area contributed by atoms with Gasteiger partial charge in [-0.05, 0) is 35.7 Å². The van der Waals surface area contributed by atoms with Crippen LogP contribution >= 0.6 is 11.3 Å². The lowest BCUT2D eigenvalue weighted by Crippen LogP contribution is -2.23. The first-order valence-electron chi connectivity index (χ1n) is 10.5. The van der Waals surface area contributed by atoms with Gasteiger partial charge in [-0.15, -0.1) is 11.3 Å². The van der Waals surface area contributed by atoms with E-state index in [2.05, 4.69) is 5.32 Å². The predicted molar refractivity (Wildman–Crippen MR) is 127 cm³/mol. The smallest absolute Gasteiger partial charge is 0.257 e. The highest BCUT2D eigenvalue weighted by Crippen LogP contribution is 2.36. The molecule has 3 aromatic heterocycles. The molecule has 1 aliphatic rings. The van der Waals surface area contributed by atoms with Crippen LogP contribution < -0.4 is 20.5 Å². The summed E-state index contributed by atoms with van der Waals surface area (Å²) >= 11 is 1.58. The van der Waals surface area contributed by atoms with Gasteiger partial charge < -0.3 is 20.5 Å². The summed E-state index contributed by atoms with van der Waals surface area (Å²) in [6.45, 7) is 1.39. The number of ether oxygens (including phenoxy) is 2. The zero-order valence-corrected chi connectivity index (χ0v) is 18.3. The molecule has 5 aromatic rings. The van der Waals surface area contributed by atoms with Crippen molar-refractivity contribution in [3.63, 3.8) is 0 Å². The van der Waals surface area contributed by atoms with Crippen LogP contribution in [0.5, 0.6) is 11.5 Å². The molecule has 3 N–H and O–H groups in total. The van der Waals surface area contributed by atoms with Gasteiger partial charge in [0.1, 0.15) is 30.1 Å². The summed E-state index contributed by atoms with van der Waals surface area (Å²) in [6, 6.07) is 17.0. The Hall–Kier alpha value is -4.11. The van der Waals surface area contributed by atoms with Crippen LogP contribution in [-0.2, 0) is 6.54 Å². The number of anilines is 1. The maximum Gasteiger partial charge on any atom is 0.257 e. The van der Waals surface area contributed by atoms with Crippen molar-refractivity contribution in [2.24, 2.45) is 0 Å². The summed E-state index contributed by atoms with van der Waals surface area (Å²) < 4.78 is 13.1. The molecule has 0 aliphatic carbocycles. The van der Waals surface area contributed by atoms with Gasteiger partial charge in [0.25, 0.3) is 5.91 Å². The maximum absolute atomic E-state index is 13.3. The number of thiophene rings is 1. The highest BCUT2D eigenvalue weighted by molar-refractivity contribution is 7.09. The van der Waals surface area contributed by atoms with Crippen LogP contribution in [0.15, 0.2) is 60.0 Å². The molecule has 4 heterocycles. The normalized spacial score (nSPS) is 12.8. The Kier molecular flexibility index (Phi) is 4.62. The molecule has 0 radical (unpaired) electrons. The summed E-state index contributed by atoms with van der Waals surface area (Å²) in [6.07, 6.45) is 0. The number of carbonyl (C=O) groups excluding carboxylic acids is 1. The van der Waals surface area contributed by atoms with Gasteiger partial charge in [0.15, 0.2) is 17.1 Å². The number of hydrogen-bond acceptors (Lipinski definition) is 7. The van der Waals surface area contributed by atoms with E-state index < -0.39 is 0 Å². The summed E-state index contributed by atoms with van der Waals surface area (Å²) in [4.78, 5) is 23.9. The van der Waals surface area contributed by atoms with Gasteiger partial charge in [-0.1, -0.05) is 18.2 Å². The average molecular weight is 458 g/mol. The highest BCUT2D eigenvalue weighted by atomic mass is 32.1. The van der Waals surface area contributed by atoms with E-state index in [0.717, 1.165) is 4.88 Å². The Morgan fingerprint density at radius 3 is 2.61 bits per heavy atom. The van der Waals surface area contributed by atoms with Crippen LogP contribution in [0.1, 0.15) is 15.2 Å². The summed E-state index contributed by atoms with van der Waals surface area (Å²) in [5.74, 6) is 1.26. The number of nitrogens with zero attached hydrogens (tertiary/aromatic N) is 3. The number of fused-ring (bicyclic) bond motifs is 3. The van der Waals surface area contributed by atoms with E-state index in [-0.39, 0.29) is 11.7 Å². The van der Waals surface area contributed by atoms with Crippen LogP contribution in [0.4, 0.5) is 5.82 Å². The van der Waals surface area contributed by atoms with Crippen molar-refractivity contribution >= 4 is 45.3 Å². The molecule has 6 rings (SSSR count). The van der Waals surface area contributed by atoms with Gasteiger partial charge in [-0.2, -0.15) is 0 Å². The minimum absolute atomic E-state index is 0.265. The largest absolute Gasteiger partial charge is 0.486 e. The fraction of sp³-hybridized carbons (Fsp3) is 0.125. The van der Waals surface area contributed by atoms with E-state index >= 15 is 0 Å². The standard InChI is InChI=1S/C24H19N5O3S/c25-22-20(24(30)26-13-15-4-3-11-33-15)21-23(28-17-6-2-1-5-16(17)27-21)29(22)14-7-8-18-19(12-14)32-10-9-31-18/h1-8,11-12H,9-10,13,25H2,(H,26,30). The van der Waals surface area contributed by atoms with Crippen LogP contribution in [-0.4, -0.2) is 33.7 Å². The maximum atomic E-state index is 13.3. The van der Waals surface area contributed by atoms with Crippen LogP contribution in [0.3, 0.4) is 0 Å². The van der Waals surface area contributed by atoms with E-state index in [1.165, 1.54) is 0 Å². The predicted octanol–water partition coefficient (Wildman–Crippen LogP) is 3.92. The summed E-state index contributed by atoms with van der Waals surface area (Å²) in [7, 11) is 0. The number of aromatic nitrogens is 3. The van der Waals surface area contributed by atoms with Crippen LogP contribution in [0.25, 0.3) is 27.9 Å². The quantitative estimate of drug-likeness (QED) is 0.424. The first kappa shape index (κ1) is 19.6. The number of nitrogens with one attached hydrogen (secondary N) is 1. The molecule has 0 fully saturated rings. The van der Waals surface area contributed by atoms with Crippen molar-refractivity contribution in [1.82, 2.24) is 19.9 Å². The first-order chi connectivity index (χ1) is 16.2. The van der Waals surface area contributed by atoms with Crippen molar-refractivity contribution in [3.05, 3.63) is 70.4 Å².